The molecular formula is C15H26N2OS. The number of rotatable bonds is 4. The molecule has 1 aromatic heterocycles. The molecule has 0 aromatic carbocycles. The van der Waals surface area contributed by atoms with E-state index in [1.807, 2.05) is 11.3 Å². The maximum Gasteiger partial charge on any atom is 0.0675 e. The van der Waals surface area contributed by atoms with Crippen molar-refractivity contribution in [1.29, 1.82) is 0 Å². The Hall–Kier alpha value is -0.420. The van der Waals surface area contributed by atoms with E-state index in [-0.39, 0.29) is 6.04 Å². The molecule has 0 aliphatic carbocycles. The summed E-state index contributed by atoms with van der Waals surface area (Å²) in [5.41, 5.74) is 6.30. The van der Waals surface area contributed by atoms with Gasteiger partial charge >= 0.3 is 0 Å². The third kappa shape index (κ3) is 3.37. The standard InChI is InChI=1S/C15H26N2OS/c1-5-13-9-18-10(2)8-17(13)15(12(4)16)14-7-6-11(3)19-14/h6-7,10,12-13,15H,5,8-9,16H2,1-4H3. The van der Waals surface area contributed by atoms with Gasteiger partial charge in [0.1, 0.15) is 0 Å². The van der Waals surface area contributed by atoms with E-state index < -0.39 is 0 Å². The van der Waals surface area contributed by atoms with Gasteiger partial charge in [-0.3, -0.25) is 4.90 Å². The molecule has 0 saturated carbocycles. The highest BCUT2D eigenvalue weighted by molar-refractivity contribution is 7.12. The highest BCUT2D eigenvalue weighted by atomic mass is 32.1. The number of nitrogens with two attached hydrogens (primary N) is 1. The minimum absolute atomic E-state index is 0.136. The molecule has 2 rings (SSSR count). The van der Waals surface area contributed by atoms with Crippen LogP contribution in [0.25, 0.3) is 0 Å². The summed E-state index contributed by atoms with van der Waals surface area (Å²) in [5.74, 6) is 0. The Morgan fingerprint density at radius 2 is 2.26 bits per heavy atom. The first-order valence-corrected chi connectivity index (χ1v) is 8.03. The smallest absolute Gasteiger partial charge is 0.0675 e. The Morgan fingerprint density at radius 1 is 1.53 bits per heavy atom. The van der Waals surface area contributed by atoms with Gasteiger partial charge in [-0.2, -0.15) is 0 Å². The van der Waals surface area contributed by atoms with Gasteiger partial charge in [0.15, 0.2) is 0 Å². The highest BCUT2D eigenvalue weighted by Gasteiger charge is 2.34. The second kappa shape index (κ2) is 6.35. The van der Waals surface area contributed by atoms with E-state index in [1.54, 1.807) is 0 Å². The molecule has 4 unspecified atom stereocenters. The normalized spacial score (nSPS) is 28.3. The fourth-order valence-corrected chi connectivity index (χ4v) is 4.01. The van der Waals surface area contributed by atoms with E-state index in [0.717, 1.165) is 19.6 Å². The van der Waals surface area contributed by atoms with Crippen molar-refractivity contribution in [3.8, 4) is 0 Å². The third-order valence-corrected chi connectivity index (χ3v) is 4.96. The summed E-state index contributed by atoms with van der Waals surface area (Å²) in [5, 5.41) is 0. The van der Waals surface area contributed by atoms with Crippen LogP contribution in [0.3, 0.4) is 0 Å². The molecule has 4 heteroatoms. The number of thiophene rings is 1. The van der Waals surface area contributed by atoms with Crippen molar-refractivity contribution in [1.82, 2.24) is 4.90 Å². The first-order chi connectivity index (χ1) is 9.02. The first kappa shape index (κ1) is 15.0. The lowest BCUT2D eigenvalue weighted by molar-refractivity contribution is -0.0756. The lowest BCUT2D eigenvalue weighted by atomic mass is 10.0. The fraction of sp³-hybridized carbons (Fsp3) is 0.733. The SMILES string of the molecule is CCC1COC(C)CN1C(c1ccc(C)s1)C(C)N. The number of ether oxygens (including phenoxy) is 1. The summed E-state index contributed by atoms with van der Waals surface area (Å²) in [6.45, 7) is 10.5. The zero-order valence-electron chi connectivity index (χ0n) is 12.4. The second-order valence-corrected chi connectivity index (χ2v) is 6.97. The van der Waals surface area contributed by atoms with Crippen LogP contribution in [0.4, 0.5) is 0 Å². The number of morpholine rings is 1. The Bertz CT molecular complexity index is 405. The third-order valence-electron chi connectivity index (χ3n) is 3.89. The minimum Gasteiger partial charge on any atom is -0.376 e. The van der Waals surface area contributed by atoms with Gasteiger partial charge in [-0.15, -0.1) is 11.3 Å². The van der Waals surface area contributed by atoms with Crippen molar-refractivity contribution in [2.75, 3.05) is 13.2 Å². The summed E-state index contributed by atoms with van der Waals surface area (Å²) in [6.07, 6.45) is 1.41. The predicted molar refractivity (Wildman–Crippen MR) is 81.6 cm³/mol. The van der Waals surface area contributed by atoms with E-state index in [0.29, 0.717) is 18.2 Å². The molecule has 2 N–H and O–H groups in total. The summed E-state index contributed by atoms with van der Waals surface area (Å²) in [6, 6.07) is 5.36. The Balaban J connectivity index is 2.26. The molecule has 19 heavy (non-hydrogen) atoms. The van der Waals surface area contributed by atoms with Crippen LogP contribution in [0.2, 0.25) is 0 Å². The molecule has 0 amide bonds. The molecule has 1 aliphatic rings. The van der Waals surface area contributed by atoms with Crippen molar-refractivity contribution in [2.45, 2.75) is 58.3 Å². The van der Waals surface area contributed by atoms with Crippen LogP contribution in [0.1, 0.15) is 43.0 Å². The van der Waals surface area contributed by atoms with Gasteiger partial charge in [-0.1, -0.05) is 6.92 Å². The Kier molecular flexibility index (Phi) is 5.01. The lowest BCUT2D eigenvalue weighted by Gasteiger charge is -2.44. The summed E-state index contributed by atoms with van der Waals surface area (Å²) < 4.78 is 5.80. The molecule has 3 nitrogen and oxygen atoms in total. The van der Waals surface area contributed by atoms with Crippen LogP contribution < -0.4 is 5.73 Å². The van der Waals surface area contributed by atoms with Crippen molar-refractivity contribution < 1.29 is 4.74 Å². The second-order valence-electron chi connectivity index (χ2n) is 5.66. The van der Waals surface area contributed by atoms with Crippen LogP contribution >= 0.6 is 11.3 Å². The van der Waals surface area contributed by atoms with E-state index in [1.165, 1.54) is 9.75 Å². The fourth-order valence-electron chi connectivity index (χ4n) is 2.90. The average Bonchev–Trinajstić information content (AvgIpc) is 2.76. The number of nitrogens with zero attached hydrogens (tertiary/aromatic N) is 1. The van der Waals surface area contributed by atoms with Gasteiger partial charge in [0, 0.05) is 28.4 Å². The van der Waals surface area contributed by atoms with Crippen LogP contribution in [0, 0.1) is 6.92 Å². The monoisotopic (exact) mass is 282 g/mol. The number of hydrogen-bond donors (Lipinski definition) is 1. The molecular weight excluding hydrogens is 256 g/mol. The summed E-state index contributed by atoms with van der Waals surface area (Å²) in [7, 11) is 0. The molecule has 1 aliphatic heterocycles. The largest absolute Gasteiger partial charge is 0.376 e. The molecule has 1 saturated heterocycles. The molecule has 0 radical (unpaired) electrons. The van der Waals surface area contributed by atoms with Gasteiger partial charge in [-0.25, -0.2) is 0 Å². The average molecular weight is 282 g/mol. The van der Waals surface area contributed by atoms with E-state index in [9.17, 15) is 0 Å². The quantitative estimate of drug-likeness (QED) is 0.923. The molecule has 1 aromatic rings. The van der Waals surface area contributed by atoms with E-state index in [4.69, 9.17) is 10.5 Å². The molecule has 4 atom stereocenters. The van der Waals surface area contributed by atoms with E-state index >= 15 is 0 Å². The van der Waals surface area contributed by atoms with Crippen molar-refractivity contribution in [3.05, 3.63) is 21.9 Å². The molecule has 1 fully saturated rings. The lowest BCUT2D eigenvalue weighted by Crippen LogP contribution is -2.53. The molecule has 2 heterocycles. The van der Waals surface area contributed by atoms with Crippen molar-refractivity contribution in [3.63, 3.8) is 0 Å². The zero-order chi connectivity index (χ0) is 14.0. The van der Waals surface area contributed by atoms with Gasteiger partial charge in [0.05, 0.1) is 18.8 Å². The van der Waals surface area contributed by atoms with Gasteiger partial charge in [0.25, 0.3) is 0 Å². The van der Waals surface area contributed by atoms with Crippen molar-refractivity contribution in [2.24, 2.45) is 5.73 Å². The topological polar surface area (TPSA) is 38.5 Å². The number of aryl methyl sites for hydroxylation is 1. The summed E-state index contributed by atoms with van der Waals surface area (Å²) in [4.78, 5) is 5.31. The van der Waals surface area contributed by atoms with Crippen molar-refractivity contribution >= 4 is 11.3 Å². The highest BCUT2D eigenvalue weighted by Crippen LogP contribution is 2.33. The van der Waals surface area contributed by atoms with Crippen LogP contribution in [0.5, 0.6) is 0 Å². The zero-order valence-corrected chi connectivity index (χ0v) is 13.2. The first-order valence-electron chi connectivity index (χ1n) is 7.22. The van der Waals surface area contributed by atoms with Crippen LogP contribution in [-0.2, 0) is 4.74 Å². The van der Waals surface area contributed by atoms with Gasteiger partial charge < -0.3 is 10.5 Å². The number of hydrogen-bond acceptors (Lipinski definition) is 4. The molecule has 0 spiro atoms. The Labute approximate surface area is 120 Å². The van der Waals surface area contributed by atoms with Crippen LogP contribution in [-0.4, -0.2) is 36.2 Å². The van der Waals surface area contributed by atoms with E-state index in [2.05, 4.69) is 44.7 Å². The van der Waals surface area contributed by atoms with Crippen LogP contribution in [0.15, 0.2) is 12.1 Å². The molecule has 0 bridgehead atoms. The van der Waals surface area contributed by atoms with Gasteiger partial charge in [-0.05, 0) is 39.3 Å². The Morgan fingerprint density at radius 3 is 2.79 bits per heavy atom. The maximum atomic E-state index is 6.30. The summed E-state index contributed by atoms with van der Waals surface area (Å²) >= 11 is 1.87. The maximum absolute atomic E-state index is 6.30. The minimum atomic E-state index is 0.136. The predicted octanol–water partition coefficient (Wildman–Crippen LogP) is 2.94. The van der Waals surface area contributed by atoms with Gasteiger partial charge in [0.2, 0.25) is 0 Å². The molecule has 108 valence electrons.